The van der Waals surface area contributed by atoms with Crippen molar-refractivity contribution in [3.05, 3.63) is 0 Å². The van der Waals surface area contributed by atoms with E-state index in [4.69, 9.17) is 0 Å². The van der Waals surface area contributed by atoms with Crippen molar-refractivity contribution in [2.45, 2.75) is 18.9 Å². The smallest absolute Gasteiger partial charge is 0.227 e. The number of nitrogens with one attached hydrogen (secondary N) is 1. The maximum Gasteiger partial charge on any atom is 0.227 e. The minimum atomic E-state index is -2.91. The molecule has 0 saturated carbocycles. The molecule has 2 aliphatic heterocycles. The SMILES string of the molecule is CN(C(=O)C1CCNC1)C1CCS(=O)(=O)C1. The third-order valence-corrected chi connectivity index (χ3v) is 5.26. The third-order valence-electron chi connectivity index (χ3n) is 3.51. The summed E-state index contributed by atoms with van der Waals surface area (Å²) >= 11 is 0. The van der Waals surface area contributed by atoms with Crippen LogP contribution in [-0.2, 0) is 14.6 Å². The quantitative estimate of drug-likeness (QED) is 0.695. The lowest BCUT2D eigenvalue weighted by Gasteiger charge is -2.26. The van der Waals surface area contributed by atoms with Crippen LogP contribution in [0.5, 0.6) is 0 Å². The van der Waals surface area contributed by atoms with Crippen molar-refractivity contribution in [1.82, 2.24) is 10.2 Å². The Morgan fingerprint density at radius 2 is 2.12 bits per heavy atom. The Labute approximate surface area is 96.1 Å². The molecule has 5 nitrogen and oxygen atoms in total. The lowest BCUT2D eigenvalue weighted by atomic mass is 10.1. The van der Waals surface area contributed by atoms with Crippen LogP contribution < -0.4 is 5.32 Å². The zero-order valence-electron chi connectivity index (χ0n) is 9.48. The van der Waals surface area contributed by atoms with Crippen molar-refractivity contribution < 1.29 is 13.2 Å². The molecule has 0 aromatic rings. The monoisotopic (exact) mass is 246 g/mol. The normalized spacial score (nSPS) is 32.8. The number of carbonyl (C=O) groups is 1. The predicted molar refractivity (Wildman–Crippen MR) is 60.8 cm³/mol. The van der Waals surface area contributed by atoms with Crippen LogP contribution in [0.3, 0.4) is 0 Å². The zero-order valence-corrected chi connectivity index (χ0v) is 10.3. The summed E-state index contributed by atoms with van der Waals surface area (Å²) in [5.74, 6) is 0.480. The molecule has 0 aliphatic carbocycles. The molecule has 16 heavy (non-hydrogen) atoms. The Bertz CT molecular complexity index is 374. The average Bonchev–Trinajstić information content (AvgIpc) is 2.84. The van der Waals surface area contributed by atoms with E-state index >= 15 is 0 Å². The summed E-state index contributed by atoms with van der Waals surface area (Å²) in [5, 5.41) is 3.15. The Hall–Kier alpha value is -0.620. The standard InChI is InChI=1S/C10H18N2O3S/c1-12(9-3-5-16(14,15)7-9)10(13)8-2-4-11-6-8/h8-9,11H,2-7H2,1H3. The zero-order chi connectivity index (χ0) is 11.8. The minimum Gasteiger partial charge on any atom is -0.341 e. The van der Waals surface area contributed by atoms with Gasteiger partial charge in [0.05, 0.1) is 17.4 Å². The molecule has 2 unspecified atom stereocenters. The molecular formula is C10H18N2O3S. The molecule has 2 heterocycles. The van der Waals surface area contributed by atoms with Gasteiger partial charge in [0.15, 0.2) is 9.84 Å². The highest BCUT2D eigenvalue weighted by molar-refractivity contribution is 7.91. The summed E-state index contributed by atoms with van der Waals surface area (Å²) in [6.45, 7) is 1.61. The Morgan fingerprint density at radius 1 is 1.38 bits per heavy atom. The van der Waals surface area contributed by atoms with Crippen LogP contribution in [0.4, 0.5) is 0 Å². The van der Waals surface area contributed by atoms with E-state index in [2.05, 4.69) is 5.32 Å². The van der Waals surface area contributed by atoms with E-state index in [1.807, 2.05) is 0 Å². The molecule has 2 saturated heterocycles. The first-order chi connectivity index (χ1) is 7.49. The van der Waals surface area contributed by atoms with Crippen molar-refractivity contribution >= 4 is 15.7 Å². The van der Waals surface area contributed by atoms with Gasteiger partial charge in [0, 0.05) is 19.6 Å². The molecule has 2 rings (SSSR count). The van der Waals surface area contributed by atoms with Crippen LogP contribution in [0.1, 0.15) is 12.8 Å². The van der Waals surface area contributed by atoms with Crippen LogP contribution in [0.2, 0.25) is 0 Å². The Balaban J connectivity index is 1.97. The Morgan fingerprint density at radius 3 is 2.62 bits per heavy atom. The molecule has 0 spiro atoms. The number of amides is 1. The van der Waals surface area contributed by atoms with Gasteiger partial charge in [-0.2, -0.15) is 0 Å². The molecule has 6 heteroatoms. The molecular weight excluding hydrogens is 228 g/mol. The number of nitrogens with zero attached hydrogens (tertiary/aromatic N) is 1. The maximum atomic E-state index is 12.0. The molecule has 0 aromatic carbocycles. The molecule has 2 atom stereocenters. The fourth-order valence-corrected chi connectivity index (χ4v) is 4.19. The summed E-state index contributed by atoms with van der Waals surface area (Å²) in [7, 11) is -1.18. The van der Waals surface area contributed by atoms with Gasteiger partial charge in [0.1, 0.15) is 0 Å². The lowest BCUT2D eigenvalue weighted by molar-refractivity contribution is -0.135. The topological polar surface area (TPSA) is 66.5 Å². The van der Waals surface area contributed by atoms with Gasteiger partial charge in [-0.1, -0.05) is 0 Å². The van der Waals surface area contributed by atoms with E-state index in [0.29, 0.717) is 6.42 Å². The Kier molecular flexibility index (Phi) is 3.21. The van der Waals surface area contributed by atoms with E-state index in [9.17, 15) is 13.2 Å². The first kappa shape index (κ1) is 11.9. The van der Waals surface area contributed by atoms with Crippen LogP contribution in [0, 0.1) is 5.92 Å². The summed E-state index contributed by atoms with van der Waals surface area (Å²) in [4.78, 5) is 13.7. The van der Waals surface area contributed by atoms with Crippen LogP contribution in [0.15, 0.2) is 0 Å². The van der Waals surface area contributed by atoms with Gasteiger partial charge in [-0.15, -0.1) is 0 Å². The minimum absolute atomic E-state index is 0.0355. The van der Waals surface area contributed by atoms with E-state index in [1.54, 1.807) is 11.9 Å². The highest BCUT2D eigenvalue weighted by atomic mass is 32.2. The fourth-order valence-electron chi connectivity index (χ4n) is 2.41. The van der Waals surface area contributed by atoms with Gasteiger partial charge in [0.25, 0.3) is 0 Å². The average molecular weight is 246 g/mol. The highest BCUT2D eigenvalue weighted by Gasteiger charge is 2.35. The van der Waals surface area contributed by atoms with Crippen molar-refractivity contribution in [2.75, 3.05) is 31.6 Å². The second-order valence-corrected chi connectivity index (χ2v) is 6.92. The number of hydrogen-bond donors (Lipinski definition) is 1. The molecule has 1 amide bonds. The molecule has 2 aliphatic rings. The molecule has 92 valence electrons. The molecule has 0 radical (unpaired) electrons. The molecule has 0 aromatic heterocycles. The first-order valence-corrected chi connectivity index (χ1v) is 7.49. The van der Waals surface area contributed by atoms with Gasteiger partial charge < -0.3 is 10.2 Å². The van der Waals surface area contributed by atoms with E-state index in [-0.39, 0.29) is 29.4 Å². The summed E-state index contributed by atoms with van der Waals surface area (Å²) in [6.07, 6.45) is 1.45. The summed E-state index contributed by atoms with van der Waals surface area (Å²) < 4.78 is 22.7. The van der Waals surface area contributed by atoms with Crippen molar-refractivity contribution in [1.29, 1.82) is 0 Å². The number of hydrogen-bond acceptors (Lipinski definition) is 4. The maximum absolute atomic E-state index is 12.0. The lowest BCUT2D eigenvalue weighted by Crippen LogP contribution is -2.41. The van der Waals surface area contributed by atoms with Crippen molar-refractivity contribution in [3.63, 3.8) is 0 Å². The highest BCUT2D eigenvalue weighted by Crippen LogP contribution is 2.20. The van der Waals surface area contributed by atoms with Gasteiger partial charge in [-0.05, 0) is 19.4 Å². The molecule has 0 bridgehead atoms. The number of rotatable bonds is 2. The third kappa shape index (κ3) is 2.38. The summed E-state index contributed by atoms with van der Waals surface area (Å²) in [5.41, 5.74) is 0. The number of carbonyl (C=O) groups excluding carboxylic acids is 1. The number of sulfone groups is 1. The second kappa shape index (κ2) is 4.33. The molecule has 1 N–H and O–H groups in total. The van der Waals surface area contributed by atoms with Gasteiger partial charge in [0.2, 0.25) is 5.91 Å². The van der Waals surface area contributed by atoms with Gasteiger partial charge in [-0.3, -0.25) is 4.79 Å². The van der Waals surface area contributed by atoms with Gasteiger partial charge in [-0.25, -0.2) is 8.42 Å². The molecule has 2 fully saturated rings. The van der Waals surface area contributed by atoms with E-state index < -0.39 is 9.84 Å². The van der Waals surface area contributed by atoms with Crippen molar-refractivity contribution in [3.8, 4) is 0 Å². The van der Waals surface area contributed by atoms with Crippen LogP contribution in [-0.4, -0.2) is 56.9 Å². The first-order valence-electron chi connectivity index (χ1n) is 5.67. The predicted octanol–water partition coefficient (Wildman–Crippen LogP) is -0.759. The van der Waals surface area contributed by atoms with Crippen LogP contribution >= 0.6 is 0 Å². The van der Waals surface area contributed by atoms with Crippen molar-refractivity contribution in [2.24, 2.45) is 5.92 Å². The fraction of sp³-hybridized carbons (Fsp3) is 0.900. The second-order valence-electron chi connectivity index (χ2n) is 4.70. The van der Waals surface area contributed by atoms with Gasteiger partial charge >= 0.3 is 0 Å². The largest absolute Gasteiger partial charge is 0.341 e. The van der Waals surface area contributed by atoms with E-state index in [0.717, 1.165) is 19.5 Å². The van der Waals surface area contributed by atoms with E-state index in [1.165, 1.54) is 0 Å². The van der Waals surface area contributed by atoms with Crippen LogP contribution in [0.25, 0.3) is 0 Å². The summed E-state index contributed by atoms with van der Waals surface area (Å²) in [6, 6.07) is -0.113.